The molecule has 0 saturated carbocycles. The summed E-state index contributed by atoms with van der Waals surface area (Å²) in [6.07, 6.45) is 74.2. The number of carbonyl (C=O) groups is 2. The summed E-state index contributed by atoms with van der Waals surface area (Å²) in [6.45, 7) is 4.01. The molecule has 0 saturated heterocycles. The Morgan fingerprint density at radius 3 is 1.22 bits per heavy atom. The number of hydrogen-bond acceptors (Lipinski definition) is 8. The second-order valence-corrected chi connectivity index (χ2v) is 22.8. The molecule has 0 aliphatic heterocycles. The first kappa shape index (κ1) is 71.2. The van der Waals surface area contributed by atoms with Crippen molar-refractivity contribution >= 4 is 19.8 Å². The third-order valence-corrected chi connectivity index (χ3v) is 13.9. The van der Waals surface area contributed by atoms with Crippen molar-refractivity contribution in [3.63, 3.8) is 0 Å². The molecule has 0 rings (SSSR count). The summed E-state index contributed by atoms with van der Waals surface area (Å²) in [4.78, 5) is 37.7. The first-order valence-electron chi connectivity index (χ1n) is 30.3. The zero-order valence-corrected chi connectivity index (χ0v) is 49.4. The van der Waals surface area contributed by atoms with Crippen LogP contribution in [0.25, 0.3) is 0 Å². The molecular formula is C64H114NO8P. The molecule has 0 bridgehead atoms. The van der Waals surface area contributed by atoms with Gasteiger partial charge in [-0.05, 0) is 70.6 Å². The highest BCUT2D eigenvalue weighted by molar-refractivity contribution is 7.45. The average Bonchev–Trinajstić information content (AvgIpc) is 3.36. The zero-order chi connectivity index (χ0) is 54.2. The summed E-state index contributed by atoms with van der Waals surface area (Å²) in [6, 6.07) is 0. The van der Waals surface area contributed by atoms with E-state index in [1.807, 2.05) is 33.3 Å². The zero-order valence-electron chi connectivity index (χ0n) is 48.5. The van der Waals surface area contributed by atoms with E-state index in [1.54, 1.807) is 6.08 Å². The highest BCUT2D eigenvalue weighted by Crippen LogP contribution is 2.38. The van der Waals surface area contributed by atoms with Crippen molar-refractivity contribution in [3.05, 3.63) is 85.1 Å². The van der Waals surface area contributed by atoms with Gasteiger partial charge in [0, 0.05) is 6.42 Å². The molecule has 0 aliphatic carbocycles. The van der Waals surface area contributed by atoms with E-state index >= 15 is 0 Å². The van der Waals surface area contributed by atoms with Gasteiger partial charge >= 0.3 is 11.9 Å². The lowest BCUT2D eigenvalue weighted by atomic mass is 10.0. The molecule has 0 aliphatic rings. The van der Waals surface area contributed by atoms with Crippen LogP contribution in [0.3, 0.4) is 0 Å². The second kappa shape index (κ2) is 55.0. The molecule has 0 aromatic carbocycles. The van der Waals surface area contributed by atoms with Gasteiger partial charge in [0.05, 0.1) is 34.2 Å². The maximum Gasteiger partial charge on any atom is 0.310 e. The van der Waals surface area contributed by atoms with Gasteiger partial charge < -0.3 is 27.9 Å². The van der Waals surface area contributed by atoms with E-state index in [4.69, 9.17) is 18.5 Å². The van der Waals surface area contributed by atoms with Gasteiger partial charge in [-0.25, -0.2) is 0 Å². The smallest absolute Gasteiger partial charge is 0.310 e. The van der Waals surface area contributed by atoms with Gasteiger partial charge in [0.1, 0.15) is 19.8 Å². The third kappa shape index (κ3) is 58.5. The fourth-order valence-corrected chi connectivity index (χ4v) is 9.02. The van der Waals surface area contributed by atoms with Gasteiger partial charge in [-0.3, -0.25) is 14.2 Å². The molecule has 0 spiro atoms. The molecular weight excluding hydrogens is 942 g/mol. The molecule has 428 valence electrons. The molecule has 0 heterocycles. The van der Waals surface area contributed by atoms with E-state index in [0.717, 1.165) is 51.4 Å². The van der Waals surface area contributed by atoms with Crippen LogP contribution in [-0.2, 0) is 32.7 Å². The van der Waals surface area contributed by atoms with Gasteiger partial charge in [0.25, 0.3) is 7.82 Å². The van der Waals surface area contributed by atoms with E-state index in [9.17, 15) is 19.0 Å². The molecule has 0 radical (unpaired) electrons. The Morgan fingerprint density at radius 1 is 0.446 bits per heavy atom. The number of esters is 2. The van der Waals surface area contributed by atoms with E-state index in [0.29, 0.717) is 17.4 Å². The maximum atomic E-state index is 12.7. The summed E-state index contributed by atoms with van der Waals surface area (Å²) < 4.78 is 33.9. The fraction of sp³-hybridized carbons (Fsp3) is 0.750. The van der Waals surface area contributed by atoms with Gasteiger partial charge in [0.15, 0.2) is 6.10 Å². The normalized spacial score (nSPS) is 13.9. The summed E-state index contributed by atoms with van der Waals surface area (Å²) in [5, 5.41) is 0. The minimum atomic E-state index is -4.66. The van der Waals surface area contributed by atoms with Crippen molar-refractivity contribution in [2.24, 2.45) is 0 Å². The molecule has 2 unspecified atom stereocenters. The largest absolute Gasteiger partial charge is 0.756 e. The molecule has 0 aromatic heterocycles. The Morgan fingerprint density at radius 2 is 0.811 bits per heavy atom. The van der Waals surface area contributed by atoms with Crippen molar-refractivity contribution in [1.82, 2.24) is 0 Å². The first-order chi connectivity index (χ1) is 36.0. The predicted octanol–water partition coefficient (Wildman–Crippen LogP) is 18.4. The molecule has 0 amide bonds. The lowest BCUT2D eigenvalue weighted by Crippen LogP contribution is -2.37. The number of unbranched alkanes of at least 4 members (excludes halogenated alkanes) is 28. The summed E-state index contributed by atoms with van der Waals surface area (Å²) in [5.74, 6) is -0.977. The van der Waals surface area contributed by atoms with Gasteiger partial charge in [-0.2, -0.15) is 0 Å². The lowest BCUT2D eigenvalue weighted by molar-refractivity contribution is -0.870. The van der Waals surface area contributed by atoms with Gasteiger partial charge in [-0.1, -0.05) is 259 Å². The number of quaternary nitrogens is 1. The Hall–Kier alpha value is -2.81. The number of phosphoric acid groups is 1. The fourth-order valence-electron chi connectivity index (χ4n) is 8.29. The maximum absolute atomic E-state index is 12.7. The molecule has 0 aromatic rings. The number of likely N-dealkylation sites (N-methyl/N-ethyl adjacent to an activating group) is 1. The van der Waals surface area contributed by atoms with Gasteiger partial charge in [0.2, 0.25) is 0 Å². The van der Waals surface area contributed by atoms with Crippen LogP contribution < -0.4 is 4.89 Å². The highest BCUT2D eigenvalue weighted by Gasteiger charge is 2.21. The summed E-state index contributed by atoms with van der Waals surface area (Å²) in [7, 11) is 1.11. The Kier molecular flexibility index (Phi) is 52.9. The number of phosphoric ester groups is 1. The van der Waals surface area contributed by atoms with Crippen LogP contribution in [0.1, 0.15) is 258 Å². The number of carbonyl (C=O) groups excluding carboxylic acids is 2. The molecule has 74 heavy (non-hydrogen) atoms. The van der Waals surface area contributed by atoms with Crippen LogP contribution >= 0.6 is 7.82 Å². The van der Waals surface area contributed by atoms with Crippen LogP contribution in [0.15, 0.2) is 85.1 Å². The van der Waals surface area contributed by atoms with Crippen molar-refractivity contribution in [2.75, 3.05) is 47.5 Å². The number of hydrogen-bond donors (Lipinski definition) is 0. The predicted molar refractivity (Wildman–Crippen MR) is 314 cm³/mol. The molecule has 0 fully saturated rings. The summed E-state index contributed by atoms with van der Waals surface area (Å²) in [5.41, 5.74) is 0. The van der Waals surface area contributed by atoms with Crippen LogP contribution in [0.5, 0.6) is 0 Å². The van der Waals surface area contributed by atoms with Crippen molar-refractivity contribution in [1.29, 1.82) is 0 Å². The van der Waals surface area contributed by atoms with Crippen LogP contribution in [-0.4, -0.2) is 70.0 Å². The van der Waals surface area contributed by atoms with E-state index in [2.05, 4.69) is 80.7 Å². The van der Waals surface area contributed by atoms with Crippen LogP contribution in [0.2, 0.25) is 0 Å². The highest BCUT2D eigenvalue weighted by atomic mass is 31.2. The van der Waals surface area contributed by atoms with Crippen LogP contribution in [0, 0.1) is 0 Å². The lowest BCUT2D eigenvalue weighted by Gasteiger charge is -2.28. The Bertz CT molecular complexity index is 1520. The molecule has 0 N–H and O–H groups in total. The minimum absolute atomic E-state index is 0.00884. The topological polar surface area (TPSA) is 111 Å². The quantitative estimate of drug-likeness (QED) is 0.0195. The van der Waals surface area contributed by atoms with Crippen molar-refractivity contribution in [2.45, 2.75) is 264 Å². The molecule has 9 nitrogen and oxygen atoms in total. The number of nitrogens with zero attached hydrogens (tertiary/aromatic N) is 1. The SMILES string of the molecule is CC/C=C\C/C=C\C/C=C\C/C=C\C/C=C\CC(=O)OC(COC(=O)CCCCCCCCCCCCCCCCCCCCCCCCC/C=C\C/C=C\CCCCCCC)COP(=O)([O-])OCC[N+](C)(C)C. The second-order valence-electron chi connectivity index (χ2n) is 21.3. The average molecular weight is 1060 g/mol. The van der Waals surface area contributed by atoms with Crippen molar-refractivity contribution in [3.8, 4) is 0 Å². The minimum Gasteiger partial charge on any atom is -0.756 e. The molecule has 10 heteroatoms. The van der Waals surface area contributed by atoms with Gasteiger partial charge in [-0.15, -0.1) is 0 Å². The Labute approximate surface area is 456 Å². The number of ether oxygens (including phenoxy) is 2. The molecule has 2 atom stereocenters. The third-order valence-electron chi connectivity index (χ3n) is 12.9. The number of rotatable bonds is 55. The Balaban J connectivity index is 4.01. The monoisotopic (exact) mass is 1060 g/mol. The number of allylic oxidation sites excluding steroid dienone is 13. The first-order valence-corrected chi connectivity index (χ1v) is 31.8. The van der Waals surface area contributed by atoms with Crippen molar-refractivity contribution < 1.29 is 42.1 Å². The van der Waals surface area contributed by atoms with E-state index < -0.39 is 32.5 Å². The van der Waals surface area contributed by atoms with E-state index in [1.165, 1.54) is 173 Å². The summed E-state index contributed by atoms with van der Waals surface area (Å²) >= 11 is 0. The van der Waals surface area contributed by atoms with Crippen LogP contribution in [0.4, 0.5) is 0 Å². The standard InChI is InChI=1S/C64H114NO8P/c1-6-8-10-12-14-16-18-20-22-23-24-25-26-27-28-29-30-31-32-33-34-35-36-37-38-39-40-41-43-44-46-48-50-52-54-56-63(66)70-60-62(61-72-74(68,69)71-59-58-65(3,4)5)73-64(67)57-55-53-51-49-47-45-42-21-19-17-15-13-11-9-7-2/h9,11,15,17-18,20-21,23-24,42,47,49,53,55,62H,6-8,10,12-14,16,19,22,25-41,43-46,48,50-52,54,56-61H2,1-5H3/b11-9-,17-15-,20-18-,24-23-,42-21-,49-47-,55-53-. The van der Waals surface area contributed by atoms with E-state index in [-0.39, 0.29) is 26.1 Å².